The van der Waals surface area contributed by atoms with Crippen LogP contribution < -0.4 is 5.32 Å². The topological polar surface area (TPSA) is 65.1 Å². The Kier molecular flexibility index (Phi) is 9.46. The number of hydrogen-bond acceptors (Lipinski definition) is 2. The standard InChI is InChI=1S/C26H36N2O2/c1-19(2)7-5-8-20(3)9-6-10-21(4)11-14-26(30)27-16-15-22-18-28-25-13-12-23(29)17-24(22)25/h7,9,11-13,17-18,28-29H,5-6,8,10,14-16H2,1-4H3,(H,27,30). The van der Waals surface area contributed by atoms with Gasteiger partial charge in [-0.3, -0.25) is 4.79 Å². The summed E-state index contributed by atoms with van der Waals surface area (Å²) in [6.07, 6.45) is 14.0. The molecule has 0 radical (unpaired) electrons. The van der Waals surface area contributed by atoms with E-state index in [-0.39, 0.29) is 11.7 Å². The number of benzene rings is 1. The molecule has 0 aliphatic carbocycles. The zero-order chi connectivity index (χ0) is 21.9. The number of nitrogens with one attached hydrogen (secondary N) is 2. The van der Waals surface area contributed by atoms with Crippen molar-refractivity contribution in [2.45, 2.75) is 66.2 Å². The summed E-state index contributed by atoms with van der Waals surface area (Å²) in [6, 6.07) is 5.29. The number of hydrogen-bond donors (Lipinski definition) is 3. The maximum atomic E-state index is 12.1. The smallest absolute Gasteiger partial charge is 0.223 e. The summed E-state index contributed by atoms with van der Waals surface area (Å²) in [5.41, 5.74) is 6.16. The van der Waals surface area contributed by atoms with Crippen LogP contribution in [0.2, 0.25) is 0 Å². The van der Waals surface area contributed by atoms with Crippen molar-refractivity contribution >= 4 is 16.8 Å². The Morgan fingerprint density at radius 3 is 2.47 bits per heavy atom. The first-order valence-electron chi connectivity index (χ1n) is 10.9. The number of fused-ring (bicyclic) bond motifs is 1. The van der Waals surface area contributed by atoms with Crippen molar-refractivity contribution < 1.29 is 9.90 Å². The number of H-pyrrole nitrogens is 1. The van der Waals surface area contributed by atoms with Crippen LogP contribution in [0.15, 0.2) is 59.3 Å². The number of aromatic amines is 1. The van der Waals surface area contributed by atoms with E-state index < -0.39 is 0 Å². The summed E-state index contributed by atoms with van der Waals surface area (Å²) in [4.78, 5) is 15.3. The van der Waals surface area contributed by atoms with Gasteiger partial charge in [0.25, 0.3) is 0 Å². The molecule has 1 amide bonds. The van der Waals surface area contributed by atoms with Crippen molar-refractivity contribution in [1.82, 2.24) is 10.3 Å². The molecule has 2 aromatic rings. The third kappa shape index (κ3) is 8.32. The van der Waals surface area contributed by atoms with E-state index in [4.69, 9.17) is 0 Å². The Bertz CT molecular complexity index is 928. The first-order valence-corrected chi connectivity index (χ1v) is 10.9. The fourth-order valence-corrected chi connectivity index (χ4v) is 3.39. The van der Waals surface area contributed by atoms with E-state index in [1.54, 1.807) is 12.1 Å². The molecule has 1 aromatic carbocycles. The van der Waals surface area contributed by atoms with Crippen molar-refractivity contribution in [1.29, 1.82) is 0 Å². The lowest BCUT2D eigenvalue weighted by Gasteiger charge is -2.05. The van der Waals surface area contributed by atoms with Crippen LogP contribution in [0.5, 0.6) is 5.75 Å². The molecule has 0 aliphatic rings. The van der Waals surface area contributed by atoms with Gasteiger partial charge >= 0.3 is 0 Å². The summed E-state index contributed by atoms with van der Waals surface area (Å²) in [7, 11) is 0. The molecule has 0 bridgehead atoms. The van der Waals surface area contributed by atoms with Crippen LogP contribution in [0.1, 0.15) is 65.4 Å². The Morgan fingerprint density at radius 1 is 1.03 bits per heavy atom. The van der Waals surface area contributed by atoms with Gasteiger partial charge in [-0.1, -0.05) is 34.9 Å². The van der Waals surface area contributed by atoms with Gasteiger partial charge < -0.3 is 15.4 Å². The lowest BCUT2D eigenvalue weighted by atomic mass is 10.1. The van der Waals surface area contributed by atoms with Gasteiger partial charge in [0.05, 0.1) is 0 Å². The number of amides is 1. The zero-order valence-electron chi connectivity index (χ0n) is 18.8. The van der Waals surface area contributed by atoms with Crippen LogP contribution >= 0.6 is 0 Å². The van der Waals surface area contributed by atoms with Gasteiger partial charge in [0.2, 0.25) is 5.91 Å². The molecule has 0 aliphatic heterocycles. The summed E-state index contributed by atoms with van der Waals surface area (Å²) < 4.78 is 0. The number of carbonyl (C=O) groups excluding carboxylic acids is 1. The lowest BCUT2D eigenvalue weighted by Crippen LogP contribution is -2.24. The lowest BCUT2D eigenvalue weighted by molar-refractivity contribution is -0.120. The van der Waals surface area contributed by atoms with Crippen molar-refractivity contribution in [3.8, 4) is 5.75 Å². The zero-order valence-corrected chi connectivity index (χ0v) is 18.8. The fourth-order valence-electron chi connectivity index (χ4n) is 3.39. The molecule has 4 nitrogen and oxygen atoms in total. The highest BCUT2D eigenvalue weighted by atomic mass is 16.3. The maximum Gasteiger partial charge on any atom is 0.223 e. The normalized spacial score (nSPS) is 12.3. The minimum atomic E-state index is 0.0467. The molecule has 0 saturated carbocycles. The molecular formula is C26H36N2O2. The van der Waals surface area contributed by atoms with Crippen LogP contribution in [0.25, 0.3) is 10.9 Å². The number of phenolic OH excluding ortho intramolecular Hbond substituents is 1. The van der Waals surface area contributed by atoms with Gasteiger partial charge in [0.15, 0.2) is 0 Å². The predicted octanol–water partition coefficient (Wildman–Crippen LogP) is 6.34. The average molecular weight is 409 g/mol. The second-order valence-electron chi connectivity index (χ2n) is 8.31. The molecule has 0 atom stereocenters. The minimum Gasteiger partial charge on any atom is -0.508 e. The molecule has 0 fully saturated rings. The number of aromatic hydroxyl groups is 1. The van der Waals surface area contributed by atoms with E-state index in [1.165, 1.54) is 16.7 Å². The summed E-state index contributed by atoms with van der Waals surface area (Å²) in [5, 5.41) is 13.7. The molecule has 30 heavy (non-hydrogen) atoms. The second-order valence-corrected chi connectivity index (χ2v) is 8.31. The minimum absolute atomic E-state index is 0.0467. The molecule has 1 aromatic heterocycles. The van der Waals surface area contributed by atoms with Crippen LogP contribution in [0.3, 0.4) is 0 Å². The summed E-state index contributed by atoms with van der Waals surface area (Å²) >= 11 is 0. The monoisotopic (exact) mass is 408 g/mol. The van der Waals surface area contributed by atoms with Gasteiger partial charge in [0.1, 0.15) is 5.75 Å². The highest BCUT2D eigenvalue weighted by molar-refractivity contribution is 5.84. The van der Waals surface area contributed by atoms with Crippen molar-refractivity contribution in [3.05, 3.63) is 64.9 Å². The Balaban J connectivity index is 1.68. The van der Waals surface area contributed by atoms with Gasteiger partial charge in [-0.15, -0.1) is 0 Å². The van der Waals surface area contributed by atoms with Gasteiger partial charge in [-0.05, 0) is 83.6 Å². The van der Waals surface area contributed by atoms with E-state index in [1.807, 2.05) is 18.3 Å². The molecule has 3 N–H and O–H groups in total. The number of allylic oxidation sites excluding steroid dienone is 5. The highest BCUT2D eigenvalue weighted by Gasteiger charge is 2.05. The quantitative estimate of drug-likeness (QED) is 0.380. The van der Waals surface area contributed by atoms with Crippen LogP contribution in [-0.4, -0.2) is 22.5 Å². The van der Waals surface area contributed by atoms with Gasteiger partial charge in [-0.2, -0.15) is 0 Å². The summed E-state index contributed by atoms with van der Waals surface area (Å²) in [6.45, 7) is 9.15. The van der Waals surface area contributed by atoms with E-state index >= 15 is 0 Å². The second kappa shape index (κ2) is 12.1. The summed E-state index contributed by atoms with van der Waals surface area (Å²) in [5.74, 6) is 0.302. The van der Waals surface area contributed by atoms with E-state index in [0.717, 1.165) is 48.6 Å². The first-order chi connectivity index (χ1) is 14.3. The molecular weight excluding hydrogens is 372 g/mol. The average Bonchev–Trinajstić information content (AvgIpc) is 3.08. The molecule has 0 unspecified atom stereocenters. The Morgan fingerprint density at radius 2 is 1.73 bits per heavy atom. The van der Waals surface area contributed by atoms with Crippen molar-refractivity contribution in [2.24, 2.45) is 0 Å². The number of phenols is 1. The fraction of sp³-hybridized carbons (Fsp3) is 0.423. The molecule has 162 valence electrons. The molecule has 0 saturated heterocycles. The van der Waals surface area contributed by atoms with Crippen LogP contribution in [0, 0.1) is 0 Å². The van der Waals surface area contributed by atoms with Gasteiger partial charge in [0, 0.05) is 30.1 Å². The SMILES string of the molecule is CC(C)=CCCC(C)=CCCC(C)=CCC(=O)NCCc1c[nH]c2ccc(O)cc12. The Labute approximate surface area is 180 Å². The van der Waals surface area contributed by atoms with Crippen molar-refractivity contribution in [3.63, 3.8) is 0 Å². The third-order valence-electron chi connectivity index (χ3n) is 5.23. The molecule has 4 heteroatoms. The maximum absolute atomic E-state index is 12.1. The number of rotatable bonds is 11. The first kappa shape index (κ1) is 23.5. The van der Waals surface area contributed by atoms with E-state index in [2.05, 4.69) is 50.1 Å². The van der Waals surface area contributed by atoms with Crippen LogP contribution in [-0.2, 0) is 11.2 Å². The number of aromatic nitrogens is 1. The molecule has 2 rings (SSSR count). The van der Waals surface area contributed by atoms with Crippen LogP contribution in [0.4, 0.5) is 0 Å². The van der Waals surface area contributed by atoms with Gasteiger partial charge in [-0.25, -0.2) is 0 Å². The third-order valence-corrected chi connectivity index (χ3v) is 5.23. The Hall–Kier alpha value is -2.75. The molecule has 1 heterocycles. The number of carbonyl (C=O) groups is 1. The van der Waals surface area contributed by atoms with E-state index in [9.17, 15) is 9.90 Å². The largest absolute Gasteiger partial charge is 0.508 e. The van der Waals surface area contributed by atoms with E-state index in [0.29, 0.717) is 13.0 Å². The predicted molar refractivity (Wildman–Crippen MR) is 127 cm³/mol. The van der Waals surface area contributed by atoms with Crippen molar-refractivity contribution in [2.75, 3.05) is 6.54 Å². The molecule has 0 spiro atoms. The highest BCUT2D eigenvalue weighted by Crippen LogP contribution is 2.23.